The van der Waals surface area contributed by atoms with Gasteiger partial charge in [-0.2, -0.15) is 0 Å². The number of piperidine rings is 1. The zero-order valence-electron chi connectivity index (χ0n) is 28.1. The molecule has 3 aromatic rings. The molecule has 1 aliphatic carbocycles. The van der Waals surface area contributed by atoms with E-state index in [0.29, 0.717) is 48.0 Å². The van der Waals surface area contributed by atoms with Gasteiger partial charge in [0.25, 0.3) is 5.91 Å². The van der Waals surface area contributed by atoms with E-state index < -0.39 is 5.97 Å². The maximum Gasteiger partial charge on any atom is 0.303 e. The first-order chi connectivity index (χ1) is 21.9. The molecule has 1 aliphatic heterocycles. The fourth-order valence-electron chi connectivity index (χ4n) is 6.44. The Bertz CT molecular complexity index is 1520. The first kappa shape index (κ1) is 33.2. The number of nitrogens with zero attached hydrogens (tertiary/aromatic N) is 4. The van der Waals surface area contributed by atoms with Gasteiger partial charge in [-0.15, -0.1) is 0 Å². The SMILES string of the molecule is COc1ccc(C(=O)N(CC(C)(C)C)c2cc(C)cc(C)n2)c(N2CCC(COc3cc(C(CC(=O)O)C4CC4)ccn3)CC2)c1. The molecule has 0 spiro atoms. The van der Waals surface area contributed by atoms with Crippen molar-refractivity contribution in [1.82, 2.24) is 9.97 Å². The van der Waals surface area contributed by atoms with E-state index in [4.69, 9.17) is 14.5 Å². The van der Waals surface area contributed by atoms with Crippen molar-refractivity contribution >= 4 is 23.4 Å². The summed E-state index contributed by atoms with van der Waals surface area (Å²) in [6, 6.07) is 13.5. The number of rotatable bonds is 12. The first-order valence-electron chi connectivity index (χ1n) is 16.4. The maximum absolute atomic E-state index is 14.4. The smallest absolute Gasteiger partial charge is 0.303 e. The minimum absolute atomic E-state index is 0.0101. The minimum Gasteiger partial charge on any atom is -0.497 e. The fraction of sp³-hybridized carbons (Fsp3) is 0.514. The molecule has 0 bridgehead atoms. The number of carboxylic acid groups (broad SMARTS) is 1. The minimum atomic E-state index is -0.771. The summed E-state index contributed by atoms with van der Waals surface area (Å²) in [4.78, 5) is 39.1. The van der Waals surface area contributed by atoms with E-state index >= 15 is 0 Å². The van der Waals surface area contributed by atoms with Gasteiger partial charge in [0.1, 0.15) is 11.6 Å². The van der Waals surface area contributed by atoms with Crippen molar-refractivity contribution < 1.29 is 24.2 Å². The topological polar surface area (TPSA) is 105 Å². The van der Waals surface area contributed by atoms with Gasteiger partial charge >= 0.3 is 5.97 Å². The van der Waals surface area contributed by atoms with Crippen LogP contribution >= 0.6 is 0 Å². The quantitative estimate of drug-likeness (QED) is 0.227. The van der Waals surface area contributed by atoms with Crippen molar-refractivity contribution in [3.63, 3.8) is 0 Å². The Morgan fingerprint density at radius 1 is 1.04 bits per heavy atom. The van der Waals surface area contributed by atoms with Crippen molar-refractivity contribution in [2.24, 2.45) is 17.3 Å². The van der Waals surface area contributed by atoms with Crippen LogP contribution in [0.15, 0.2) is 48.7 Å². The van der Waals surface area contributed by atoms with Gasteiger partial charge in [0.15, 0.2) is 0 Å². The third-order valence-corrected chi connectivity index (χ3v) is 8.87. The Labute approximate surface area is 273 Å². The van der Waals surface area contributed by atoms with Crippen LogP contribution in [0.1, 0.15) is 86.0 Å². The Kier molecular flexibility index (Phi) is 10.2. The van der Waals surface area contributed by atoms with Crippen LogP contribution in [0, 0.1) is 31.1 Å². The number of hydrogen-bond donors (Lipinski definition) is 1. The van der Waals surface area contributed by atoms with Crippen LogP contribution < -0.4 is 19.3 Å². The molecule has 1 aromatic carbocycles. The number of anilines is 2. The number of pyridine rings is 2. The van der Waals surface area contributed by atoms with Gasteiger partial charge in [-0.1, -0.05) is 20.8 Å². The molecule has 1 saturated heterocycles. The number of carboxylic acids is 1. The molecule has 46 heavy (non-hydrogen) atoms. The molecule has 246 valence electrons. The zero-order chi connectivity index (χ0) is 33.0. The molecule has 2 aliphatic rings. The van der Waals surface area contributed by atoms with Gasteiger partial charge in [-0.25, -0.2) is 9.97 Å². The average molecular weight is 629 g/mol. The summed E-state index contributed by atoms with van der Waals surface area (Å²) in [7, 11) is 1.65. The van der Waals surface area contributed by atoms with E-state index in [9.17, 15) is 14.7 Å². The van der Waals surface area contributed by atoms with Crippen LogP contribution in [0.2, 0.25) is 0 Å². The lowest BCUT2D eigenvalue weighted by molar-refractivity contribution is -0.137. The molecule has 2 fully saturated rings. The van der Waals surface area contributed by atoms with Crippen LogP contribution in [-0.2, 0) is 4.79 Å². The third kappa shape index (κ3) is 8.56. The Morgan fingerprint density at radius 3 is 2.41 bits per heavy atom. The summed E-state index contributed by atoms with van der Waals surface area (Å²) in [5.74, 6) is 1.86. The monoisotopic (exact) mass is 628 g/mol. The number of carbonyl (C=O) groups excluding carboxylic acids is 1. The summed E-state index contributed by atoms with van der Waals surface area (Å²) in [6.07, 6.45) is 5.81. The predicted octanol–water partition coefficient (Wildman–Crippen LogP) is 7.06. The van der Waals surface area contributed by atoms with Crippen LogP contribution in [0.4, 0.5) is 11.5 Å². The number of amides is 1. The van der Waals surface area contributed by atoms with Crippen LogP contribution in [0.25, 0.3) is 0 Å². The van der Waals surface area contributed by atoms with Crippen molar-refractivity contribution in [1.29, 1.82) is 0 Å². The van der Waals surface area contributed by atoms with Crippen LogP contribution in [0.3, 0.4) is 0 Å². The van der Waals surface area contributed by atoms with E-state index in [2.05, 4.69) is 30.7 Å². The Hall–Kier alpha value is -4.14. The van der Waals surface area contributed by atoms with E-state index in [-0.39, 0.29) is 23.7 Å². The summed E-state index contributed by atoms with van der Waals surface area (Å²) in [6.45, 7) is 13.0. The largest absolute Gasteiger partial charge is 0.497 e. The number of hydrogen-bond acceptors (Lipinski definition) is 7. The highest BCUT2D eigenvalue weighted by molar-refractivity contribution is 6.09. The summed E-state index contributed by atoms with van der Waals surface area (Å²) >= 11 is 0. The number of ether oxygens (including phenoxy) is 2. The second-order valence-corrected chi connectivity index (χ2v) is 14.2. The number of aryl methyl sites for hydroxylation is 2. The lowest BCUT2D eigenvalue weighted by Crippen LogP contribution is -2.41. The maximum atomic E-state index is 14.4. The first-order valence-corrected chi connectivity index (χ1v) is 16.4. The van der Waals surface area contributed by atoms with E-state index in [1.165, 1.54) is 0 Å². The molecule has 2 aromatic heterocycles. The second-order valence-electron chi connectivity index (χ2n) is 14.2. The second kappa shape index (κ2) is 14.1. The van der Waals surface area contributed by atoms with Crippen molar-refractivity contribution in [2.75, 3.05) is 43.2 Å². The molecule has 1 saturated carbocycles. The lowest BCUT2D eigenvalue weighted by atomic mass is 9.92. The Balaban J connectivity index is 1.29. The van der Waals surface area contributed by atoms with E-state index in [0.717, 1.165) is 61.3 Å². The van der Waals surface area contributed by atoms with E-state index in [1.807, 2.05) is 61.2 Å². The van der Waals surface area contributed by atoms with Gasteiger partial charge in [-0.05, 0) is 104 Å². The molecular weight excluding hydrogens is 580 g/mol. The number of carbonyl (C=O) groups is 2. The highest BCUT2D eigenvalue weighted by Gasteiger charge is 2.34. The van der Waals surface area contributed by atoms with Gasteiger partial charge in [0.05, 0.1) is 31.4 Å². The van der Waals surface area contributed by atoms with Crippen LogP contribution in [-0.4, -0.2) is 60.3 Å². The molecular formula is C37H48N4O5. The zero-order valence-corrected chi connectivity index (χ0v) is 28.1. The average Bonchev–Trinajstić information content (AvgIpc) is 3.86. The number of methoxy groups -OCH3 is 1. The molecule has 1 unspecified atom stereocenters. The standard InChI is InChI=1S/C37H48N4O5/c1-24-17-25(2)39-33(18-24)41(23-37(3,4)5)36(44)30-10-9-29(45-6)20-32(30)40-15-12-26(13-16-40)22-46-34-19-28(11-14-38-34)31(21-35(42)43)27-7-8-27/h9-11,14,17-20,26-27,31H,7-8,12-13,15-16,21-23H2,1-6H3,(H,42,43). The summed E-state index contributed by atoms with van der Waals surface area (Å²) < 4.78 is 11.8. The van der Waals surface area contributed by atoms with Gasteiger partial charge in [-0.3, -0.25) is 14.5 Å². The molecule has 3 heterocycles. The normalized spacial score (nSPS) is 16.2. The van der Waals surface area contributed by atoms with Gasteiger partial charge in [0, 0.05) is 43.7 Å². The highest BCUT2D eigenvalue weighted by atomic mass is 16.5. The van der Waals surface area contributed by atoms with Crippen molar-refractivity contribution in [3.8, 4) is 11.6 Å². The third-order valence-electron chi connectivity index (χ3n) is 8.87. The number of benzene rings is 1. The predicted molar refractivity (Wildman–Crippen MR) is 180 cm³/mol. The Morgan fingerprint density at radius 2 is 1.78 bits per heavy atom. The number of aliphatic carboxylic acids is 1. The van der Waals surface area contributed by atoms with Crippen molar-refractivity contribution in [3.05, 3.63) is 71.0 Å². The fourth-order valence-corrected chi connectivity index (χ4v) is 6.44. The van der Waals surface area contributed by atoms with E-state index in [1.54, 1.807) is 13.3 Å². The lowest BCUT2D eigenvalue weighted by Gasteiger charge is -2.36. The molecule has 1 N–H and O–H groups in total. The summed E-state index contributed by atoms with van der Waals surface area (Å²) in [5, 5.41) is 9.41. The molecule has 0 radical (unpaired) electrons. The molecule has 9 nitrogen and oxygen atoms in total. The highest BCUT2D eigenvalue weighted by Crippen LogP contribution is 2.45. The van der Waals surface area contributed by atoms with Gasteiger partial charge in [0.2, 0.25) is 5.88 Å². The summed E-state index contributed by atoms with van der Waals surface area (Å²) in [5.41, 5.74) is 4.31. The van der Waals surface area contributed by atoms with Crippen LogP contribution in [0.5, 0.6) is 11.6 Å². The molecule has 1 amide bonds. The number of aromatic nitrogens is 2. The van der Waals surface area contributed by atoms with Crippen molar-refractivity contribution in [2.45, 2.75) is 72.6 Å². The molecule has 1 atom stereocenters. The molecule has 9 heteroatoms. The molecule has 5 rings (SSSR count). The van der Waals surface area contributed by atoms with Gasteiger partial charge < -0.3 is 19.5 Å².